The Labute approximate surface area is 145 Å². The first-order valence-electron chi connectivity index (χ1n) is 7.56. The van der Waals surface area contributed by atoms with Crippen molar-refractivity contribution in [1.82, 2.24) is 5.32 Å². The highest BCUT2D eigenvalue weighted by Crippen LogP contribution is 2.10. The maximum atomic E-state index is 12.0. The van der Waals surface area contributed by atoms with Gasteiger partial charge in [-0.3, -0.25) is 4.79 Å². The average Bonchev–Trinajstić information content (AvgIpc) is 2.80. The molecule has 23 heavy (non-hydrogen) atoms. The zero-order valence-electron chi connectivity index (χ0n) is 13.6. The van der Waals surface area contributed by atoms with Gasteiger partial charge in [0, 0.05) is 17.7 Å². The smallest absolute Gasteiger partial charge is 0.250 e. The molecule has 0 aliphatic heterocycles. The van der Waals surface area contributed by atoms with E-state index in [-0.39, 0.29) is 5.91 Å². The Bertz CT molecular complexity index is 571. The molecule has 1 amide bonds. The van der Waals surface area contributed by atoms with Crippen molar-refractivity contribution in [1.29, 1.82) is 0 Å². The van der Waals surface area contributed by atoms with Crippen LogP contribution in [0.15, 0.2) is 35.5 Å². The lowest BCUT2D eigenvalue weighted by molar-refractivity contribution is -0.117. The van der Waals surface area contributed by atoms with Crippen molar-refractivity contribution in [3.8, 4) is 24.7 Å². The summed E-state index contributed by atoms with van der Waals surface area (Å²) in [5.41, 5.74) is 7.00. The van der Waals surface area contributed by atoms with Gasteiger partial charge in [0.25, 0.3) is 5.91 Å². The van der Waals surface area contributed by atoms with Gasteiger partial charge >= 0.3 is 0 Å². The quantitative estimate of drug-likeness (QED) is 0.448. The number of hydrogen-bond acceptors (Lipinski definition) is 3. The molecule has 0 aromatic rings. The molecule has 1 rings (SSSR count). The second kappa shape index (κ2) is 13.5. The molecule has 1 aliphatic carbocycles. The van der Waals surface area contributed by atoms with E-state index >= 15 is 0 Å². The van der Waals surface area contributed by atoms with Crippen LogP contribution in [0.5, 0.6) is 0 Å². The minimum atomic E-state index is -0.0346. The molecule has 0 unspecified atom stereocenters. The molecule has 0 radical (unpaired) electrons. The van der Waals surface area contributed by atoms with Crippen LogP contribution in [-0.4, -0.2) is 23.9 Å². The molecule has 0 saturated carbocycles. The first-order valence-corrected chi connectivity index (χ1v) is 7.97. The van der Waals surface area contributed by atoms with E-state index in [1.54, 1.807) is 13.0 Å². The first-order chi connectivity index (χ1) is 11.1. The van der Waals surface area contributed by atoms with Gasteiger partial charge in [0.1, 0.15) is 0 Å². The molecule has 122 valence electrons. The number of hydrogen-bond donors (Lipinski definition) is 2. The lowest BCUT2D eigenvalue weighted by atomic mass is 10.2. The topological polar surface area (TPSA) is 55.1 Å². The predicted octanol–water partition coefficient (Wildman–Crippen LogP) is 2.69. The summed E-state index contributed by atoms with van der Waals surface area (Å²) in [7, 11) is 0. The molecule has 0 fully saturated rings. The summed E-state index contributed by atoms with van der Waals surface area (Å²) in [6, 6.07) is 0. The number of carbonyl (C=O) groups is 1. The van der Waals surface area contributed by atoms with E-state index in [0.29, 0.717) is 29.9 Å². The Morgan fingerprint density at radius 2 is 2.04 bits per heavy atom. The van der Waals surface area contributed by atoms with E-state index in [9.17, 15) is 4.79 Å². The molecule has 0 aromatic carbocycles. The van der Waals surface area contributed by atoms with Crippen molar-refractivity contribution < 1.29 is 4.79 Å². The van der Waals surface area contributed by atoms with Gasteiger partial charge in [-0.2, -0.15) is 0 Å². The summed E-state index contributed by atoms with van der Waals surface area (Å²) >= 11 is 4.93. The Morgan fingerprint density at radius 1 is 1.30 bits per heavy atom. The van der Waals surface area contributed by atoms with Crippen molar-refractivity contribution in [2.24, 2.45) is 5.73 Å². The van der Waals surface area contributed by atoms with Gasteiger partial charge in [0.15, 0.2) is 0 Å². The third-order valence-corrected chi connectivity index (χ3v) is 3.03. The second-order valence-corrected chi connectivity index (χ2v) is 5.41. The first kappa shape index (κ1) is 20.9. The van der Waals surface area contributed by atoms with E-state index in [2.05, 4.69) is 30.0 Å². The number of terminal acetylenes is 1. The molecule has 0 bridgehead atoms. The Hall–Kier alpha value is -2.14. The monoisotopic (exact) mass is 328 g/mol. The van der Waals surface area contributed by atoms with E-state index < -0.39 is 0 Å². The van der Waals surface area contributed by atoms with E-state index in [1.807, 2.05) is 18.2 Å². The Morgan fingerprint density at radius 3 is 2.70 bits per heavy atom. The lowest BCUT2D eigenvalue weighted by Crippen LogP contribution is -2.25. The molecule has 3 N–H and O–H groups in total. The van der Waals surface area contributed by atoms with Crippen LogP contribution in [0, 0.1) is 24.7 Å². The van der Waals surface area contributed by atoms with Gasteiger partial charge in [-0.1, -0.05) is 42.6 Å². The van der Waals surface area contributed by atoms with Crippen molar-refractivity contribution >= 4 is 23.0 Å². The minimum absolute atomic E-state index is 0.0346. The van der Waals surface area contributed by atoms with Gasteiger partial charge in [-0.05, 0) is 44.9 Å². The molecule has 4 heteroatoms. The van der Waals surface area contributed by atoms with Gasteiger partial charge in [0.05, 0.1) is 4.86 Å². The predicted molar refractivity (Wildman–Crippen MR) is 102 cm³/mol. The fourth-order valence-corrected chi connectivity index (χ4v) is 1.85. The molecular formula is C19H24N2OS. The zero-order chi connectivity index (χ0) is 17.5. The van der Waals surface area contributed by atoms with Crippen LogP contribution in [0.2, 0.25) is 0 Å². The summed E-state index contributed by atoms with van der Waals surface area (Å²) in [5, 5.41) is 2.92. The molecular weight excluding hydrogens is 304 g/mol. The van der Waals surface area contributed by atoms with Crippen LogP contribution in [0.4, 0.5) is 0 Å². The third-order valence-electron chi connectivity index (χ3n) is 2.93. The zero-order valence-corrected chi connectivity index (χ0v) is 14.4. The summed E-state index contributed by atoms with van der Waals surface area (Å²) in [6.07, 6.45) is 19.3. The summed E-state index contributed by atoms with van der Waals surface area (Å²) in [5.74, 6) is 5.83. The summed E-state index contributed by atoms with van der Waals surface area (Å²) in [6.45, 7) is 3.19. The van der Waals surface area contributed by atoms with Gasteiger partial charge in [-0.25, -0.2) is 0 Å². The van der Waals surface area contributed by atoms with Gasteiger partial charge < -0.3 is 11.1 Å². The lowest BCUT2D eigenvalue weighted by Gasteiger charge is -2.05. The highest BCUT2D eigenvalue weighted by Gasteiger charge is 2.06. The van der Waals surface area contributed by atoms with Crippen LogP contribution < -0.4 is 11.1 Å². The number of thiocarbonyl (C=S) groups is 1. The van der Waals surface area contributed by atoms with Crippen molar-refractivity contribution in [2.75, 3.05) is 13.1 Å². The van der Waals surface area contributed by atoms with Gasteiger partial charge in [0.2, 0.25) is 0 Å². The summed E-state index contributed by atoms with van der Waals surface area (Å²) in [4.78, 5) is 12.7. The number of nitrogens with one attached hydrogen (secondary N) is 1. The summed E-state index contributed by atoms with van der Waals surface area (Å²) < 4.78 is 0. The van der Waals surface area contributed by atoms with Crippen LogP contribution in [0.3, 0.4) is 0 Å². The standard InChI is InChI=1S/C17H22N2OS.C2H2/c1-14(21)8-9-15-6-5-7-16(11-10-15)17(20)19-13-4-2-3-12-18;1-2/h6-7,10-11H,2-5,12-13,18H2,1H3,(H,19,20);1-2H. The average molecular weight is 328 g/mol. The number of allylic oxidation sites excluding steroid dienone is 4. The molecule has 0 heterocycles. The van der Waals surface area contributed by atoms with Crippen LogP contribution in [0.25, 0.3) is 0 Å². The molecule has 1 aliphatic rings. The van der Waals surface area contributed by atoms with Crippen LogP contribution in [0.1, 0.15) is 32.6 Å². The number of unbranched alkanes of at least 4 members (excludes halogenated alkanes) is 2. The maximum Gasteiger partial charge on any atom is 0.250 e. The number of amides is 1. The van der Waals surface area contributed by atoms with E-state index in [0.717, 1.165) is 24.8 Å². The molecule has 0 atom stereocenters. The fraction of sp³-hybridized carbons (Fsp3) is 0.368. The SMILES string of the molecule is C#C.CC(=S)C#CC1=CCC=C(C(=O)NCCCCCN)C=C1. The highest BCUT2D eigenvalue weighted by atomic mass is 32.1. The highest BCUT2D eigenvalue weighted by molar-refractivity contribution is 7.80. The Balaban J connectivity index is 0.00000232. The minimum Gasteiger partial charge on any atom is -0.352 e. The van der Waals surface area contributed by atoms with Gasteiger partial charge in [-0.15, -0.1) is 12.8 Å². The number of carbonyl (C=O) groups excluding carboxylic acids is 1. The second-order valence-electron chi connectivity index (χ2n) is 4.80. The van der Waals surface area contributed by atoms with Crippen molar-refractivity contribution in [3.63, 3.8) is 0 Å². The fourth-order valence-electron chi connectivity index (χ4n) is 1.80. The Kier molecular flexibility index (Phi) is 12.3. The van der Waals surface area contributed by atoms with E-state index in [4.69, 9.17) is 18.0 Å². The molecule has 0 aromatic heterocycles. The number of nitrogens with two attached hydrogens (primary N) is 1. The molecule has 3 nitrogen and oxygen atoms in total. The molecule has 0 spiro atoms. The third kappa shape index (κ3) is 10.3. The number of rotatable bonds is 6. The van der Waals surface area contributed by atoms with Crippen molar-refractivity contribution in [2.45, 2.75) is 32.6 Å². The van der Waals surface area contributed by atoms with Crippen molar-refractivity contribution in [3.05, 3.63) is 35.5 Å². The normalized spacial score (nSPS) is 12.3. The van der Waals surface area contributed by atoms with Crippen LogP contribution >= 0.6 is 12.2 Å². The largest absolute Gasteiger partial charge is 0.352 e. The maximum absolute atomic E-state index is 12.0. The van der Waals surface area contributed by atoms with E-state index in [1.165, 1.54) is 0 Å². The molecule has 0 saturated heterocycles. The van der Waals surface area contributed by atoms with Crippen LogP contribution in [-0.2, 0) is 4.79 Å².